The van der Waals surface area contributed by atoms with Crippen molar-refractivity contribution in [1.29, 1.82) is 0 Å². The van der Waals surface area contributed by atoms with Crippen LogP contribution in [-0.2, 0) is 11.3 Å². The molecule has 1 aromatic rings. The second-order valence-corrected chi connectivity index (χ2v) is 7.02. The molecular weight excluding hydrogens is 314 g/mol. The van der Waals surface area contributed by atoms with Crippen LogP contribution in [0.1, 0.15) is 40.2 Å². The number of pyridine rings is 1. The number of aromatic nitrogens is 1. The fourth-order valence-corrected chi connectivity index (χ4v) is 2.60. The number of morpholine rings is 1. The molecule has 0 aliphatic carbocycles. The molecule has 1 aliphatic rings. The molecule has 0 radical (unpaired) electrons. The molecule has 2 heterocycles. The van der Waals surface area contributed by atoms with Crippen LogP contribution in [0.3, 0.4) is 0 Å². The zero-order chi connectivity index (χ0) is 18.2. The van der Waals surface area contributed by atoms with E-state index in [1.165, 1.54) is 0 Å². The minimum atomic E-state index is 0.261. The van der Waals surface area contributed by atoms with Crippen LogP contribution in [-0.4, -0.2) is 49.3 Å². The lowest BCUT2D eigenvalue weighted by Crippen LogP contribution is -2.44. The summed E-state index contributed by atoms with van der Waals surface area (Å²) in [5.74, 6) is 2.43. The lowest BCUT2D eigenvalue weighted by Gasteiger charge is -2.32. The Bertz CT molecular complexity index is 543. The first-order valence-corrected chi connectivity index (χ1v) is 9.36. The van der Waals surface area contributed by atoms with Crippen molar-refractivity contribution in [3.05, 3.63) is 23.9 Å². The first kappa shape index (κ1) is 19.5. The van der Waals surface area contributed by atoms with Gasteiger partial charge in [0.25, 0.3) is 0 Å². The molecule has 0 saturated carbocycles. The number of ether oxygens (including phenoxy) is 1. The van der Waals surface area contributed by atoms with Crippen LogP contribution in [0.4, 0.5) is 5.82 Å². The van der Waals surface area contributed by atoms with E-state index in [2.05, 4.69) is 72.3 Å². The van der Waals surface area contributed by atoms with Gasteiger partial charge in [-0.1, -0.05) is 19.9 Å². The summed E-state index contributed by atoms with van der Waals surface area (Å²) in [7, 11) is 0. The van der Waals surface area contributed by atoms with Crippen molar-refractivity contribution >= 4 is 11.8 Å². The van der Waals surface area contributed by atoms with Crippen LogP contribution in [0.15, 0.2) is 23.3 Å². The molecule has 1 saturated heterocycles. The van der Waals surface area contributed by atoms with Crippen LogP contribution < -0.4 is 15.5 Å². The number of nitrogens with one attached hydrogen (secondary N) is 2. The van der Waals surface area contributed by atoms with Gasteiger partial charge in [-0.05, 0) is 38.3 Å². The molecule has 2 unspecified atom stereocenters. The highest BCUT2D eigenvalue weighted by atomic mass is 16.5. The van der Waals surface area contributed by atoms with Crippen LogP contribution in [0.25, 0.3) is 0 Å². The molecule has 140 valence electrons. The summed E-state index contributed by atoms with van der Waals surface area (Å²) >= 11 is 0. The van der Waals surface area contributed by atoms with Gasteiger partial charge in [-0.25, -0.2) is 9.98 Å². The van der Waals surface area contributed by atoms with Gasteiger partial charge in [-0.15, -0.1) is 0 Å². The average molecular weight is 348 g/mol. The molecular formula is C19H33N5O. The van der Waals surface area contributed by atoms with Gasteiger partial charge < -0.3 is 20.3 Å². The molecule has 1 aliphatic heterocycles. The summed E-state index contributed by atoms with van der Waals surface area (Å²) in [5.41, 5.74) is 1.11. The Morgan fingerprint density at radius 3 is 2.80 bits per heavy atom. The molecule has 6 heteroatoms. The third kappa shape index (κ3) is 6.20. The van der Waals surface area contributed by atoms with Crippen LogP contribution in [0, 0.1) is 5.92 Å². The first-order chi connectivity index (χ1) is 12.0. The van der Waals surface area contributed by atoms with E-state index in [1.54, 1.807) is 0 Å². The fraction of sp³-hybridized carbons (Fsp3) is 0.684. The molecule has 1 aromatic heterocycles. The normalized spacial score (nSPS) is 19.8. The molecule has 0 bridgehead atoms. The highest BCUT2D eigenvalue weighted by Crippen LogP contribution is 2.15. The number of guanidine groups is 1. The smallest absolute Gasteiger partial charge is 0.191 e. The van der Waals surface area contributed by atoms with Crippen LogP contribution in [0.5, 0.6) is 0 Å². The maximum absolute atomic E-state index is 5.59. The van der Waals surface area contributed by atoms with Crippen molar-refractivity contribution < 1.29 is 4.74 Å². The summed E-state index contributed by atoms with van der Waals surface area (Å²) in [6, 6.07) is 4.57. The Morgan fingerprint density at radius 2 is 2.20 bits per heavy atom. The third-order valence-corrected chi connectivity index (χ3v) is 4.50. The van der Waals surface area contributed by atoms with Crippen LogP contribution >= 0.6 is 0 Å². The quantitative estimate of drug-likeness (QED) is 0.611. The van der Waals surface area contributed by atoms with Gasteiger partial charge in [0.05, 0.1) is 19.3 Å². The predicted molar refractivity (Wildman–Crippen MR) is 104 cm³/mol. The zero-order valence-corrected chi connectivity index (χ0v) is 16.2. The van der Waals surface area contributed by atoms with Gasteiger partial charge in [0, 0.05) is 31.9 Å². The number of hydrogen-bond donors (Lipinski definition) is 2. The average Bonchev–Trinajstić information content (AvgIpc) is 2.60. The van der Waals surface area contributed by atoms with E-state index in [9.17, 15) is 0 Å². The standard InChI is InChI=1S/C19H33N5O/c1-6-20-19(23-16(5)14(2)3)22-12-17-7-8-18(21-11-17)24-9-10-25-15(4)13-24/h7-8,11,14-16H,6,9-10,12-13H2,1-5H3,(H2,20,22,23). The lowest BCUT2D eigenvalue weighted by atomic mass is 10.1. The Kier molecular flexibility index (Phi) is 7.50. The van der Waals surface area contributed by atoms with Gasteiger partial charge in [-0.3, -0.25) is 0 Å². The Morgan fingerprint density at radius 1 is 1.40 bits per heavy atom. The fourth-order valence-electron chi connectivity index (χ4n) is 2.60. The Balaban J connectivity index is 1.96. The Hall–Kier alpha value is -1.82. The maximum atomic E-state index is 5.59. The lowest BCUT2D eigenvalue weighted by molar-refractivity contribution is 0.0529. The summed E-state index contributed by atoms with van der Waals surface area (Å²) in [5, 5.41) is 6.75. The molecule has 1 fully saturated rings. The van der Waals surface area contributed by atoms with E-state index in [-0.39, 0.29) is 6.10 Å². The van der Waals surface area contributed by atoms with Crippen LogP contribution in [0.2, 0.25) is 0 Å². The molecule has 0 spiro atoms. The van der Waals surface area contributed by atoms with Gasteiger partial charge in [0.2, 0.25) is 0 Å². The largest absolute Gasteiger partial charge is 0.375 e. The molecule has 2 atom stereocenters. The summed E-state index contributed by atoms with van der Waals surface area (Å²) in [6.07, 6.45) is 2.19. The zero-order valence-electron chi connectivity index (χ0n) is 16.2. The maximum Gasteiger partial charge on any atom is 0.191 e. The van der Waals surface area contributed by atoms with Crippen molar-refractivity contribution in [2.75, 3.05) is 31.1 Å². The number of nitrogens with zero attached hydrogens (tertiary/aromatic N) is 3. The Labute approximate surface area is 152 Å². The van der Waals surface area contributed by atoms with Crippen molar-refractivity contribution in [3.8, 4) is 0 Å². The number of aliphatic imine (C=N–C) groups is 1. The molecule has 6 nitrogen and oxygen atoms in total. The molecule has 25 heavy (non-hydrogen) atoms. The van der Waals surface area contributed by atoms with Crippen molar-refractivity contribution in [1.82, 2.24) is 15.6 Å². The van der Waals surface area contributed by atoms with Crippen molar-refractivity contribution in [2.24, 2.45) is 10.9 Å². The van der Waals surface area contributed by atoms with Gasteiger partial charge in [-0.2, -0.15) is 0 Å². The van der Waals surface area contributed by atoms with E-state index in [0.717, 1.165) is 43.6 Å². The summed E-state index contributed by atoms with van der Waals surface area (Å²) < 4.78 is 5.59. The van der Waals surface area contributed by atoms with Crippen molar-refractivity contribution in [3.63, 3.8) is 0 Å². The molecule has 2 rings (SSSR count). The van der Waals surface area contributed by atoms with E-state index in [1.807, 2.05) is 6.20 Å². The van der Waals surface area contributed by atoms with Crippen molar-refractivity contribution in [2.45, 2.75) is 53.3 Å². The van der Waals surface area contributed by atoms with E-state index in [0.29, 0.717) is 18.5 Å². The van der Waals surface area contributed by atoms with E-state index >= 15 is 0 Å². The van der Waals surface area contributed by atoms with Gasteiger partial charge in [0.15, 0.2) is 5.96 Å². The number of anilines is 1. The number of hydrogen-bond acceptors (Lipinski definition) is 4. The summed E-state index contributed by atoms with van der Waals surface area (Å²) in [6.45, 7) is 14.8. The van der Waals surface area contributed by atoms with Gasteiger partial charge in [0.1, 0.15) is 5.82 Å². The highest BCUT2D eigenvalue weighted by molar-refractivity contribution is 5.80. The second-order valence-electron chi connectivity index (χ2n) is 7.02. The number of rotatable bonds is 6. The first-order valence-electron chi connectivity index (χ1n) is 9.36. The predicted octanol–water partition coefficient (Wildman–Crippen LogP) is 2.41. The molecule has 2 N–H and O–H groups in total. The SMILES string of the molecule is CCNC(=NCc1ccc(N2CCOC(C)C2)nc1)NC(C)C(C)C. The second kappa shape index (κ2) is 9.61. The topological polar surface area (TPSA) is 61.8 Å². The third-order valence-electron chi connectivity index (χ3n) is 4.50. The molecule has 0 amide bonds. The van der Waals surface area contributed by atoms with E-state index in [4.69, 9.17) is 4.74 Å². The minimum absolute atomic E-state index is 0.261. The molecule has 0 aromatic carbocycles. The highest BCUT2D eigenvalue weighted by Gasteiger charge is 2.17. The minimum Gasteiger partial charge on any atom is -0.375 e. The van der Waals surface area contributed by atoms with E-state index < -0.39 is 0 Å². The summed E-state index contributed by atoms with van der Waals surface area (Å²) in [4.78, 5) is 11.6. The monoisotopic (exact) mass is 347 g/mol. The van der Waals surface area contributed by atoms with Gasteiger partial charge >= 0.3 is 0 Å².